The van der Waals surface area contributed by atoms with E-state index >= 15 is 4.79 Å². The summed E-state index contributed by atoms with van der Waals surface area (Å²) >= 11 is 1.24. The molecule has 0 unspecified atom stereocenters. The summed E-state index contributed by atoms with van der Waals surface area (Å²) in [6, 6.07) is 32.6. The molecule has 0 saturated carbocycles. The highest BCUT2D eigenvalue weighted by molar-refractivity contribution is 8.04. The van der Waals surface area contributed by atoms with Crippen LogP contribution in [0.4, 0.5) is 11.4 Å². The predicted octanol–water partition coefficient (Wildman–Crippen LogP) is 7.73. The number of azo groups is 1. The van der Waals surface area contributed by atoms with Crippen molar-refractivity contribution >= 4 is 52.9 Å². The number of hydrogen-bond donors (Lipinski definition) is 1. The first kappa shape index (κ1) is 46.4. The number of rotatable bonds is 19. The molecule has 5 atom stereocenters. The van der Waals surface area contributed by atoms with Crippen LogP contribution >= 0.6 is 11.8 Å². The van der Waals surface area contributed by atoms with E-state index in [1.165, 1.54) is 25.6 Å². The normalized spacial score (nSPS) is 17.3. The third-order valence-corrected chi connectivity index (χ3v) is 11.5. The maximum atomic E-state index is 15.5. The van der Waals surface area contributed by atoms with Crippen LogP contribution in [0, 0.1) is 5.92 Å². The molecule has 0 radical (unpaired) electrons. The van der Waals surface area contributed by atoms with Gasteiger partial charge in [-0.15, -0.1) is 0 Å². The number of amides is 1. The lowest BCUT2D eigenvalue weighted by Crippen LogP contribution is -2.50. The molecule has 1 amide bonds. The Hall–Kier alpha value is -6.68. The standard InChI is InChI=1S/C46H50N4O11S/c1-29(51)58-28-41(60-31(3)53)43(61-32(4)54)40(59-30(2)52)26-39-42(49-48-36-20-24-38(57-7)25-21-36)44(50(5)27-33-14-10-8-11-15-33)62-46(39,34-16-12-9-13-17-34)45(55)47-35-18-22-37(56-6)23-19-35/h8-25,39-41,43H,26-28H2,1-7H3,(H,47,55)/t39-,40+,41+,43-,46-/m0/s1. The Morgan fingerprint density at radius 1 is 0.694 bits per heavy atom. The summed E-state index contributed by atoms with van der Waals surface area (Å²) in [7, 11) is 4.97. The highest BCUT2D eigenvalue weighted by Crippen LogP contribution is 2.60. The molecule has 4 aromatic carbocycles. The zero-order valence-electron chi connectivity index (χ0n) is 35.6. The lowest BCUT2D eigenvalue weighted by Gasteiger charge is -2.38. The minimum atomic E-state index is -1.60. The summed E-state index contributed by atoms with van der Waals surface area (Å²) < 4.78 is 31.8. The van der Waals surface area contributed by atoms with Gasteiger partial charge in [0.1, 0.15) is 29.0 Å². The van der Waals surface area contributed by atoms with E-state index < -0.39 is 65.4 Å². The van der Waals surface area contributed by atoms with Gasteiger partial charge in [0, 0.05) is 52.9 Å². The monoisotopic (exact) mass is 866 g/mol. The molecule has 1 aliphatic rings. The molecule has 62 heavy (non-hydrogen) atoms. The van der Waals surface area contributed by atoms with Gasteiger partial charge >= 0.3 is 23.9 Å². The summed E-state index contributed by atoms with van der Waals surface area (Å²) in [5, 5.41) is 13.3. The molecule has 0 aliphatic carbocycles. The van der Waals surface area contributed by atoms with Gasteiger partial charge in [0.15, 0.2) is 12.2 Å². The number of esters is 4. The van der Waals surface area contributed by atoms with Crippen LogP contribution in [-0.2, 0) is 54.2 Å². The number of methoxy groups -OCH3 is 2. The molecule has 16 heteroatoms. The Labute approximate surface area is 364 Å². The van der Waals surface area contributed by atoms with Gasteiger partial charge in [-0.2, -0.15) is 10.2 Å². The number of benzene rings is 4. The molecule has 1 aliphatic heterocycles. The number of nitrogens with zero attached hydrogens (tertiary/aromatic N) is 3. The van der Waals surface area contributed by atoms with E-state index in [-0.39, 0.29) is 6.42 Å². The smallest absolute Gasteiger partial charge is 0.303 e. The molecule has 0 aromatic heterocycles. The predicted molar refractivity (Wildman–Crippen MR) is 231 cm³/mol. The first-order valence-corrected chi connectivity index (χ1v) is 20.5. The molecule has 4 aromatic rings. The van der Waals surface area contributed by atoms with Gasteiger partial charge < -0.3 is 38.6 Å². The Morgan fingerprint density at radius 2 is 1.24 bits per heavy atom. The fourth-order valence-electron chi connectivity index (χ4n) is 7.04. The number of carbonyl (C=O) groups is 5. The van der Waals surface area contributed by atoms with Crippen molar-refractivity contribution in [1.29, 1.82) is 0 Å². The molecule has 1 N–H and O–H groups in total. The Kier molecular flexibility index (Phi) is 16.3. The van der Waals surface area contributed by atoms with Crippen molar-refractivity contribution in [3.63, 3.8) is 0 Å². The molecule has 0 saturated heterocycles. The van der Waals surface area contributed by atoms with Crippen molar-refractivity contribution in [2.45, 2.75) is 63.7 Å². The first-order valence-electron chi connectivity index (χ1n) is 19.6. The van der Waals surface area contributed by atoms with E-state index in [2.05, 4.69) is 10.4 Å². The molecule has 0 bridgehead atoms. The summed E-state index contributed by atoms with van der Waals surface area (Å²) in [6.07, 6.45) is -4.66. The van der Waals surface area contributed by atoms with Crippen LogP contribution in [0.5, 0.6) is 11.5 Å². The van der Waals surface area contributed by atoms with Crippen LogP contribution in [0.25, 0.3) is 0 Å². The van der Waals surface area contributed by atoms with E-state index in [0.717, 1.165) is 19.4 Å². The van der Waals surface area contributed by atoms with Crippen LogP contribution in [-0.4, -0.2) is 80.9 Å². The van der Waals surface area contributed by atoms with Gasteiger partial charge in [0.25, 0.3) is 0 Å². The second-order valence-electron chi connectivity index (χ2n) is 14.3. The van der Waals surface area contributed by atoms with Gasteiger partial charge in [-0.1, -0.05) is 72.4 Å². The Bertz CT molecular complexity index is 2240. The van der Waals surface area contributed by atoms with Crippen molar-refractivity contribution in [1.82, 2.24) is 4.90 Å². The van der Waals surface area contributed by atoms with E-state index in [4.69, 9.17) is 33.5 Å². The van der Waals surface area contributed by atoms with Crippen LogP contribution in [0.15, 0.2) is 130 Å². The van der Waals surface area contributed by atoms with Crippen molar-refractivity contribution in [3.05, 3.63) is 131 Å². The molecular weight excluding hydrogens is 817 g/mol. The first-order chi connectivity index (χ1) is 29.7. The average molecular weight is 867 g/mol. The Balaban J connectivity index is 1.79. The van der Waals surface area contributed by atoms with Gasteiger partial charge in [-0.25, -0.2) is 0 Å². The molecule has 5 rings (SSSR count). The SMILES string of the molecule is COc1ccc(N=NC2=C(N(C)Cc3ccccc3)S[C@@](C(=O)Nc3ccc(OC)cc3)(c3ccccc3)[C@H]2C[C@@H](OC(C)=O)[C@H](OC(C)=O)[C@@H](COC(C)=O)OC(C)=O)cc1. The molecule has 1 heterocycles. The van der Waals surface area contributed by atoms with E-state index in [1.54, 1.807) is 74.9 Å². The lowest BCUT2D eigenvalue weighted by atomic mass is 9.78. The van der Waals surface area contributed by atoms with Gasteiger partial charge in [-0.05, 0) is 66.1 Å². The fraction of sp³-hybridized carbons (Fsp3) is 0.326. The third-order valence-electron chi connectivity index (χ3n) is 9.73. The van der Waals surface area contributed by atoms with Gasteiger partial charge in [0.2, 0.25) is 5.91 Å². The van der Waals surface area contributed by atoms with Crippen molar-refractivity contribution in [3.8, 4) is 11.5 Å². The molecule has 0 fully saturated rings. The summed E-state index contributed by atoms with van der Waals surface area (Å²) in [5.41, 5.74) is 2.79. The second-order valence-corrected chi connectivity index (χ2v) is 15.5. The number of allylic oxidation sites excluding steroid dienone is 1. The largest absolute Gasteiger partial charge is 0.497 e. The summed E-state index contributed by atoms with van der Waals surface area (Å²) in [5.74, 6) is -3.37. The molecule has 326 valence electrons. The highest BCUT2D eigenvalue weighted by atomic mass is 32.2. The van der Waals surface area contributed by atoms with E-state index in [9.17, 15) is 19.2 Å². The zero-order valence-corrected chi connectivity index (χ0v) is 36.4. The number of thioether (sulfide) groups is 1. The maximum absolute atomic E-state index is 15.5. The fourth-order valence-corrected chi connectivity index (χ4v) is 8.60. The number of hydrogen-bond acceptors (Lipinski definition) is 15. The summed E-state index contributed by atoms with van der Waals surface area (Å²) in [4.78, 5) is 68.0. The number of ether oxygens (including phenoxy) is 6. The average Bonchev–Trinajstić information content (AvgIpc) is 3.58. The van der Waals surface area contributed by atoms with Crippen molar-refractivity contribution < 1.29 is 52.4 Å². The van der Waals surface area contributed by atoms with Crippen LogP contribution < -0.4 is 14.8 Å². The number of carbonyl (C=O) groups excluding carboxylic acids is 5. The molecular formula is C46H50N4O11S. The maximum Gasteiger partial charge on any atom is 0.303 e. The minimum absolute atomic E-state index is 0.257. The van der Waals surface area contributed by atoms with Crippen LogP contribution in [0.1, 0.15) is 45.2 Å². The topological polar surface area (TPSA) is 181 Å². The quantitative estimate of drug-likeness (QED) is 0.0550. The van der Waals surface area contributed by atoms with E-state index in [0.29, 0.717) is 45.7 Å². The highest BCUT2D eigenvalue weighted by Gasteiger charge is 2.58. The number of anilines is 1. The van der Waals surface area contributed by atoms with Gasteiger partial charge in [-0.3, -0.25) is 24.0 Å². The Morgan fingerprint density at radius 3 is 1.79 bits per heavy atom. The lowest BCUT2D eigenvalue weighted by molar-refractivity contribution is -0.190. The van der Waals surface area contributed by atoms with E-state index in [1.807, 2.05) is 60.5 Å². The second kappa shape index (κ2) is 21.7. The number of nitrogens with one attached hydrogen (secondary N) is 1. The van der Waals surface area contributed by atoms with Crippen molar-refractivity contribution in [2.24, 2.45) is 16.1 Å². The zero-order chi connectivity index (χ0) is 44.8. The summed E-state index contributed by atoms with van der Waals surface area (Å²) in [6.45, 7) is 4.47. The minimum Gasteiger partial charge on any atom is -0.497 e. The van der Waals surface area contributed by atoms with Crippen LogP contribution in [0.3, 0.4) is 0 Å². The molecule has 0 spiro atoms. The third kappa shape index (κ3) is 12.0. The molecule has 15 nitrogen and oxygen atoms in total. The van der Waals surface area contributed by atoms with Gasteiger partial charge in [0.05, 0.1) is 30.6 Å². The van der Waals surface area contributed by atoms with Crippen LogP contribution in [0.2, 0.25) is 0 Å². The van der Waals surface area contributed by atoms with Crippen molar-refractivity contribution in [2.75, 3.05) is 33.2 Å².